The number of hydrogen-bond acceptors (Lipinski definition) is 6. The molecule has 0 aliphatic rings. The summed E-state index contributed by atoms with van der Waals surface area (Å²) in [6.07, 6.45) is 3.00. The number of hydrogen-bond donors (Lipinski definition) is 0. The van der Waals surface area contributed by atoms with Crippen LogP contribution in [0.1, 0.15) is 11.1 Å². The topological polar surface area (TPSA) is 138 Å². The minimum Gasteiger partial charge on any atom is -0.378 e. The average Bonchev–Trinajstić information content (AvgIpc) is 2.60. The highest BCUT2D eigenvalue weighted by Gasteiger charge is 2.22. The third kappa shape index (κ3) is 4.13. The maximum absolute atomic E-state index is 11.3. The summed E-state index contributed by atoms with van der Waals surface area (Å²) in [6.45, 7) is 0. The van der Waals surface area contributed by atoms with E-state index in [9.17, 15) is 20.2 Å². The zero-order chi connectivity index (χ0) is 19.3. The first kappa shape index (κ1) is 18.4. The summed E-state index contributed by atoms with van der Waals surface area (Å²) in [5.41, 5.74) is 9.18. The second-order valence-electron chi connectivity index (χ2n) is 5.42. The Morgan fingerprint density at radius 1 is 1.08 bits per heavy atom. The SMILES string of the molecule is CN(C)c1ccc(/C=C/c2c(N=[N+]=[N-])cc([N+](=O)[O-])cc2[N+](=O)[O-])cc1. The van der Waals surface area contributed by atoms with Gasteiger partial charge in [0.1, 0.15) is 0 Å². The number of nitrogens with zero attached hydrogens (tertiary/aromatic N) is 6. The van der Waals surface area contributed by atoms with E-state index in [-0.39, 0.29) is 11.3 Å². The van der Waals surface area contributed by atoms with Gasteiger partial charge >= 0.3 is 0 Å². The summed E-state index contributed by atoms with van der Waals surface area (Å²) >= 11 is 0. The van der Waals surface area contributed by atoms with Crippen molar-refractivity contribution in [2.75, 3.05) is 19.0 Å². The highest BCUT2D eigenvalue weighted by molar-refractivity contribution is 5.82. The minimum atomic E-state index is -0.781. The van der Waals surface area contributed by atoms with Crippen LogP contribution in [0.25, 0.3) is 22.6 Å². The maximum atomic E-state index is 11.3. The maximum Gasteiger partial charge on any atom is 0.283 e. The largest absolute Gasteiger partial charge is 0.378 e. The Morgan fingerprint density at radius 3 is 2.23 bits per heavy atom. The average molecular weight is 354 g/mol. The van der Waals surface area contributed by atoms with Gasteiger partial charge in [-0.15, -0.1) is 0 Å². The smallest absolute Gasteiger partial charge is 0.283 e. The van der Waals surface area contributed by atoms with Crippen molar-refractivity contribution < 1.29 is 9.85 Å². The van der Waals surface area contributed by atoms with E-state index in [2.05, 4.69) is 10.0 Å². The molecule has 0 amide bonds. The van der Waals surface area contributed by atoms with Crippen LogP contribution in [0.5, 0.6) is 0 Å². The Labute approximate surface area is 147 Å². The molecule has 0 fully saturated rings. The molecule has 132 valence electrons. The van der Waals surface area contributed by atoms with Crippen LogP contribution in [-0.4, -0.2) is 23.9 Å². The number of rotatable bonds is 6. The first-order valence-electron chi connectivity index (χ1n) is 7.31. The third-order valence-corrected chi connectivity index (χ3v) is 3.53. The van der Waals surface area contributed by atoms with Crippen LogP contribution in [0.4, 0.5) is 22.7 Å². The van der Waals surface area contributed by atoms with E-state index >= 15 is 0 Å². The molecule has 10 heteroatoms. The molecule has 0 saturated heterocycles. The van der Waals surface area contributed by atoms with Crippen LogP contribution < -0.4 is 4.90 Å². The van der Waals surface area contributed by atoms with E-state index in [0.29, 0.717) is 0 Å². The summed E-state index contributed by atoms with van der Waals surface area (Å²) < 4.78 is 0. The second kappa shape index (κ2) is 7.77. The fourth-order valence-corrected chi connectivity index (χ4v) is 2.23. The molecule has 10 nitrogen and oxygen atoms in total. The van der Waals surface area contributed by atoms with Crippen LogP contribution in [0.2, 0.25) is 0 Å². The fourth-order valence-electron chi connectivity index (χ4n) is 2.23. The first-order chi connectivity index (χ1) is 12.3. The molecule has 0 radical (unpaired) electrons. The third-order valence-electron chi connectivity index (χ3n) is 3.53. The monoisotopic (exact) mass is 354 g/mol. The van der Waals surface area contributed by atoms with Gasteiger partial charge in [0.25, 0.3) is 11.4 Å². The van der Waals surface area contributed by atoms with Crippen molar-refractivity contribution in [3.8, 4) is 0 Å². The summed E-state index contributed by atoms with van der Waals surface area (Å²) in [5, 5.41) is 25.6. The molecular formula is C16H14N6O4. The van der Waals surface area contributed by atoms with Gasteiger partial charge < -0.3 is 4.90 Å². The highest BCUT2D eigenvalue weighted by atomic mass is 16.6. The van der Waals surface area contributed by atoms with Crippen molar-refractivity contribution in [1.82, 2.24) is 0 Å². The van der Waals surface area contributed by atoms with Crippen LogP contribution in [0, 0.1) is 20.2 Å². The number of nitro benzene ring substituents is 2. The van der Waals surface area contributed by atoms with Crippen LogP contribution in [0.15, 0.2) is 41.5 Å². The van der Waals surface area contributed by atoms with Gasteiger partial charge in [-0.1, -0.05) is 23.3 Å². The number of non-ortho nitro benzene ring substituents is 1. The van der Waals surface area contributed by atoms with Gasteiger partial charge in [-0.2, -0.15) is 0 Å². The van der Waals surface area contributed by atoms with Crippen molar-refractivity contribution in [3.63, 3.8) is 0 Å². The van der Waals surface area contributed by atoms with E-state index in [4.69, 9.17) is 5.53 Å². The molecule has 2 rings (SSSR count). The lowest BCUT2D eigenvalue weighted by Crippen LogP contribution is -2.07. The molecule has 0 atom stereocenters. The quantitative estimate of drug-likeness (QED) is 0.185. The lowest BCUT2D eigenvalue weighted by atomic mass is 10.1. The van der Waals surface area contributed by atoms with Gasteiger partial charge in [0.05, 0.1) is 27.2 Å². The highest BCUT2D eigenvalue weighted by Crippen LogP contribution is 2.35. The summed E-state index contributed by atoms with van der Waals surface area (Å²) in [6, 6.07) is 9.22. The molecular weight excluding hydrogens is 340 g/mol. The molecule has 0 saturated carbocycles. The number of nitro groups is 2. The van der Waals surface area contributed by atoms with Crippen molar-refractivity contribution in [2.45, 2.75) is 0 Å². The molecule has 2 aromatic rings. The summed E-state index contributed by atoms with van der Waals surface area (Å²) in [4.78, 5) is 25.2. The van der Waals surface area contributed by atoms with Gasteiger partial charge in [0.2, 0.25) is 0 Å². The zero-order valence-corrected chi connectivity index (χ0v) is 13.9. The molecule has 0 spiro atoms. The van der Waals surface area contributed by atoms with Crippen LogP contribution in [0.3, 0.4) is 0 Å². The molecule has 0 bridgehead atoms. The molecule has 0 N–H and O–H groups in total. The summed E-state index contributed by atoms with van der Waals surface area (Å²) in [5.74, 6) is 0. The summed E-state index contributed by atoms with van der Waals surface area (Å²) in [7, 11) is 3.80. The molecule has 26 heavy (non-hydrogen) atoms. The lowest BCUT2D eigenvalue weighted by molar-refractivity contribution is -0.394. The lowest BCUT2D eigenvalue weighted by Gasteiger charge is -2.11. The number of anilines is 1. The van der Waals surface area contributed by atoms with Gasteiger partial charge in [0, 0.05) is 30.8 Å². The Hall–Kier alpha value is -3.91. The van der Waals surface area contributed by atoms with E-state index in [1.165, 1.54) is 6.08 Å². The van der Waals surface area contributed by atoms with Gasteiger partial charge in [-0.3, -0.25) is 20.2 Å². The van der Waals surface area contributed by atoms with Crippen molar-refractivity contribution >= 4 is 34.9 Å². The van der Waals surface area contributed by atoms with E-state index in [0.717, 1.165) is 23.4 Å². The van der Waals surface area contributed by atoms with Crippen molar-refractivity contribution in [3.05, 3.63) is 78.2 Å². The Bertz CT molecular complexity index is 907. The van der Waals surface area contributed by atoms with Crippen LogP contribution in [-0.2, 0) is 0 Å². The standard InChI is InChI=1S/C16H14N6O4/c1-20(2)12-6-3-11(4-7-12)5-8-14-15(18-19-17)9-13(21(23)24)10-16(14)22(25)26/h3-10H,1-2H3/b8-5+. The Kier molecular flexibility index (Phi) is 5.51. The Morgan fingerprint density at radius 2 is 1.73 bits per heavy atom. The second-order valence-corrected chi connectivity index (χ2v) is 5.42. The van der Waals surface area contributed by atoms with Crippen molar-refractivity contribution in [2.24, 2.45) is 5.11 Å². The zero-order valence-electron chi connectivity index (χ0n) is 13.9. The van der Waals surface area contributed by atoms with E-state index < -0.39 is 21.2 Å². The predicted molar refractivity (Wildman–Crippen MR) is 98.3 cm³/mol. The van der Waals surface area contributed by atoms with Gasteiger partial charge in [0.15, 0.2) is 0 Å². The molecule has 2 aromatic carbocycles. The van der Waals surface area contributed by atoms with E-state index in [1.54, 1.807) is 6.08 Å². The van der Waals surface area contributed by atoms with Gasteiger partial charge in [-0.05, 0) is 29.3 Å². The van der Waals surface area contributed by atoms with E-state index in [1.807, 2.05) is 43.3 Å². The molecule has 0 aliphatic carbocycles. The Balaban J connectivity index is 2.54. The molecule has 0 aromatic heterocycles. The molecule has 0 heterocycles. The normalized spacial score (nSPS) is 10.4. The predicted octanol–water partition coefficient (Wildman–Crippen LogP) is 4.68. The first-order valence-corrected chi connectivity index (χ1v) is 7.31. The van der Waals surface area contributed by atoms with Gasteiger partial charge in [-0.25, -0.2) is 0 Å². The molecule has 0 aliphatic heterocycles. The van der Waals surface area contributed by atoms with Crippen LogP contribution >= 0.6 is 0 Å². The fraction of sp³-hybridized carbons (Fsp3) is 0.125. The van der Waals surface area contributed by atoms with Crippen molar-refractivity contribution in [1.29, 1.82) is 0 Å². The minimum absolute atomic E-state index is 0.00455. The molecule has 0 unspecified atom stereocenters. The number of azide groups is 1. The number of benzene rings is 2.